The molecule has 2 aromatic carbocycles. The molecule has 0 heterocycles. The van der Waals surface area contributed by atoms with Gasteiger partial charge < -0.3 is 10.5 Å². The third-order valence-electron chi connectivity index (χ3n) is 2.43. The highest BCUT2D eigenvalue weighted by Crippen LogP contribution is 2.30. The van der Waals surface area contributed by atoms with Crippen LogP contribution in [0.1, 0.15) is 11.1 Å². The van der Waals surface area contributed by atoms with Crippen LogP contribution in [0.4, 0.5) is 5.69 Å². The number of nitrogens with zero attached hydrogens (tertiary/aromatic N) is 2. The second-order valence-electron chi connectivity index (χ2n) is 3.72. The van der Waals surface area contributed by atoms with E-state index < -0.39 is 0 Å². The Kier molecular flexibility index (Phi) is 3.70. The van der Waals surface area contributed by atoms with Crippen LogP contribution in [0.2, 0.25) is 0 Å². The van der Waals surface area contributed by atoms with Crippen LogP contribution < -0.4 is 10.5 Å². The third-order valence-corrected chi connectivity index (χ3v) is 3.08. The standard InChI is InChI=1S/C14H8BrN3O/c15-12-6-11(3-2-10(12)8-17)19-14-4-1-9(7-16)5-13(14)18/h1-6H,18H2. The zero-order chi connectivity index (χ0) is 13.8. The van der Waals surface area contributed by atoms with Gasteiger partial charge in [0, 0.05) is 4.47 Å². The monoisotopic (exact) mass is 313 g/mol. The van der Waals surface area contributed by atoms with Crippen molar-refractivity contribution >= 4 is 21.6 Å². The SMILES string of the molecule is N#Cc1ccc(Oc2ccc(C#N)c(Br)c2)c(N)c1. The van der Waals surface area contributed by atoms with E-state index in [1.54, 1.807) is 36.4 Å². The molecule has 0 saturated heterocycles. The quantitative estimate of drug-likeness (QED) is 0.859. The van der Waals surface area contributed by atoms with Crippen molar-refractivity contribution in [3.8, 4) is 23.6 Å². The van der Waals surface area contributed by atoms with Gasteiger partial charge in [-0.25, -0.2) is 0 Å². The fraction of sp³-hybridized carbons (Fsp3) is 0. The zero-order valence-electron chi connectivity index (χ0n) is 9.72. The summed E-state index contributed by atoms with van der Waals surface area (Å²) in [5, 5.41) is 17.6. The highest BCUT2D eigenvalue weighted by Gasteiger charge is 2.06. The largest absolute Gasteiger partial charge is 0.455 e. The van der Waals surface area contributed by atoms with Gasteiger partial charge in [0.15, 0.2) is 0 Å². The van der Waals surface area contributed by atoms with E-state index in [2.05, 4.69) is 15.9 Å². The van der Waals surface area contributed by atoms with Crippen LogP contribution in [0, 0.1) is 22.7 Å². The Balaban J connectivity index is 2.30. The average Bonchev–Trinajstić information content (AvgIpc) is 2.41. The molecular weight excluding hydrogens is 306 g/mol. The van der Waals surface area contributed by atoms with Gasteiger partial charge in [-0.3, -0.25) is 0 Å². The number of nitrogens with two attached hydrogens (primary N) is 1. The molecule has 0 atom stereocenters. The maximum Gasteiger partial charge on any atom is 0.150 e. The number of ether oxygens (including phenoxy) is 1. The minimum absolute atomic E-state index is 0.388. The molecule has 0 aliphatic carbocycles. The molecule has 0 aromatic heterocycles. The number of hydrogen-bond donors (Lipinski definition) is 1. The van der Waals surface area contributed by atoms with E-state index >= 15 is 0 Å². The van der Waals surface area contributed by atoms with Crippen LogP contribution in [0.3, 0.4) is 0 Å². The fourth-order valence-corrected chi connectivity index (χ4v) is 1.93. The zero-order valence-corrected chi connectivity index (χ0v) is 11.3. The number of rotatable bonds is 2. The molecule has 2 N–H and O–H groups in total. The van der Waals surface area contributed by atoms with Crippen molar-refractivity contribution in [3.63, 3.8) is 0 Å². The number of anilines is 1. The summed E-state index contributed by atoms with van der Waals surface area (Å²) in [5.41, 5.74) is 7.19. The maximum atomic E-state index is 8.83. The normalized spacial score (nSPS) is 9.42. The Labute approximate surface area is 118 Å². The molecular formula is C14H8BrN3O. The first-order valence-electron chi connectivity index (χ1n) is 5.31. The molecule has 2 rings (SSSR count). The number of benzene rings is 2. The lowest BCUT2D eigenvalue weighted by Crippen LogP contribution is -1.93. The molecule has 0 unspecified atom stereocenters. The third kappa shape index (κ3) is 2.85. The van der Waals surface area contributed by atoms with E-state index in [0.29, 0.717) is 32.8 Å². The van der Waals surface area contributed by atoms with Crippen molar-refractivity contribution in [2.45, 2.75) is 0 Å². The highest BCUT2D eigenvalue weighted by molar-refractivity contribution is 9.10. The van der Waals surface area contributed by atoms with Gasteiger partial charge in [-0.1, -0.05) is 0 Å². The summed E-state index contributed by atoms with van der Waals surface area (Å²) in [7, 11) is 0. The molecule has 0 bridgehead atoms. The molecule has 5 heteroatoms. The van der Waals surface area contributed by atoms with E-state index in [0.717, 1.165) is 0 Å². The Hall–Kier alpha value is -2.50. The fourth-order valence-electron chi connectivity index (χ4n) is 1.49. The van der Waals surface area contributed by atoms with Crippen molar-refractivity contribution in [2.75, 3.05) is 5.73 Å². The van der Waals surface area contributed by atoms with Crippen molar-refractivity contribution in [2.24, 2.45) is 0 Å². The Bertz CT molecular complexity index is 714. The second-order valence-corrected chi connectivity index (χ2v) is 4.57. The predicted molar refractivity (Wildman–Crippen MR) is 74.5 cm³/mol. The molecule has 0 aliphatic rings. The summed E-state index contributed by atoms with van der Waals surface area (Å²) >= 11 is 3.29. The second kappa shape index (κ2) is 5.43. The van der Waals surface area contributed by atoms with Crippen LogP contribution in [-0.4, -0.2) is 0 Å². The summed E-state index contributed by atoms with van der Waals surface area (Å²) in [5.74, 6) is 1.03. The Morgan fingerprint density at radius 1 is 1.05 bits per heavy atom. The highest BCUT2D eigenvalue weighted by atomic mass is 79.9. The molecule has 0 aliphatic heterocycles. The van der Waals surface area contributed by atoms with E-state index in [-0.39, 0.29) is 0 Å². The smallest absolute Gasteiger partial charge is 0.150 e. The number of halogens is 1. The lowest BCUT2D eigenvalue weighted by atomic mass is 10.2. The van der Waals surface area contributed by atoms with Crippen molar-refractivity contribution in [3.05, 3.63) is 52.0 Å². The van der Waals surface area contributed by atoms with Crippen LogP contribution in [0.15, 0.2) is 40.9 Å². The molecule has 19 heavy (non-hydrogen) atoms. The topological polar surface area (TPSA) is 82.8 Å². The van der Waals surface area contributed by atoms with E-state index in [4.69, 9.17) is 21.0 Å². The van der Waals surface area contributed by atoms with E-state index in [1.165, 1.54) is 0 Å². The average molecular weight is 314 g/mol. The van der Waals surface area contributed by atoms with Gasteiger partial charge in [-0.2, -0.15) is 10.5 Å². The van der Waals surface area contributed by atoms with Gasteiger partial charge in [0.25, 0.3) is 0 Å². The van der Waals surface area contributed by atoms with Gasteiger partial charge in [0.1, 0.15) is 17.6 Å². The number of hydrogen-bond acceptors (Lipinski definition) is 4. The van der Waals surface area contributed by atoms with Gasteiger partial charge in [-0.15, -0.1) is 0 Å². The summed E-state index contributed by atoms with van der Waals surface area (Å²) < 4.78 is 6.27. The van der Waals surface area contributed by atoms with Crippen molar-refractivity contribution < 1.29 is 4.74 Å². The van der Waals surface area contributed by atoms with Gasteiger partial charge in [-0.05, 0) is 52.3 Å². The van der Waals surface area contributed by atoms with Crippen LogP contribution in [0.5, 0.6) is 11.5 Å². The van der Waals surface area contributed by atoms with E-state index in [9.17, 15) is 0 Å². The molecule has 92 valence electrons. The molecule has 0 fully saturated rings. The van der Waals surface area contributed by atoms with Gasteiger partial charge in [0.2, 0.25) is 0 Å². The summed E-state index contributed by atoms with van der Waals surface area (Å²) in [6.07, 6.45) is 0. The lowest BCUT2D eigenvalue weighted by molar-refractivity contribution is 0.484. The summed E-state index contributed by atoms with van der Waals surface area (Å²) in [6, 6.07) is 13.9. The van der Waals surface area contributed by atoms with Crippen molar-refractivity contribution in [1.82, 2.24) is 0 Å². The van der Waals surface area contributed by atoms with Crippen molar-refractivity contribution in [1.29, 1.82) is 10.5 Å². The summed E-state index contributed by atoms with van der Waals surface area (Å²) in [4.78, 5) is 0. The molecule has 0 radical (unpaired) electrons. The molecule has 0 amide bonds. The number of nitrogen functional groups attached to an aromatic ring is 1. The minimum atomic E-state index is 0.388. The Morgan fingerprint density at radius 2 is 1.84 bits per heavy atom. The first-order valence-corrected chi connectivity index (χ1v) is 6.10. The van der Waals surface area contributed by atoms with Gasteiger partial charge >= 0.3 is 0 Å². The number of nitriles is 2. The van der Waals surface area contributed by atoms with E-state index in [1.807, 2.05) is 12.1 Å². The maximum absolute atomic E-state index is 8.83. The molecule has 4 nitrogen and oxygen atoms in total. The van der Waals surface area contributed by atoms with Crippen LogP contribution in [-0.2, 0) is 0 Å². The lowest BCUT2D eigenvalue weighted by Gasteiger charge is -2.09. The molecule has 0 spiro atoms. The first-order chi connectivity index (χ1) is 9.13. The van der Waals surface area contributed by atoms with Gasteiger partial charge in [0.05, 0.1) is 22.9 Å². The molecule has 2 aromatic rings. The first kappa shape index (κ1) is 12.9. The van der Waals surface area contributed by atoms with Crippen LogP contribution in [0.25, 0.3) is 0 Å². The Morgan fingerprint density at radius 3 is 2.42 bits per heavy atom. The minimum Gasteiger partial charge on any atom is -0.455 e. The summed E-state index contributed by atoms with van der Waals surface area (Å²) in [6.45, 7) is 0. The van der Waals surface area contributed by atoms with Crippen LogP contribution >= 0.6 is 15.9 Å². The molecule has 0 saturated carbocycles. The predicted octanol–water partition coefficient (Wildman–Crippen LogP) is 3.57.